The zero-order valence-corrected chi connectivity index (χ0v) is 15.4. The number of hydrogen-bond donors (Lipinski definition) is 2. The maximum atomic E-state index is 5.26. The van der Waals surface area contributed by atoms with Crippen molar-refractivity contribution >= 4 is 17.3 Å². The number of methoxy groups -OCH3 is 1. The Balaban J connectivity index is 1.78. The highest BCUT2D eigenvalue weighted by atomic mass is 32.1. The molecule has 1 aromatic carbocycles. The smallest absolute Gasteiger partial charge is 0.191 e. The van der Waals surface area contributed by atoms with Crippen LogP contribution in [0, 0.1) is 6.92 Å². The topological polar surface area (TPSA) is 58.5 Å². The van der Waals surface area contributed by atoms with E-state index in [1.807, 2.05) is 18.3 Å². The Hall–Kier alpha value is -2.08. The van der Waals surface area contributed by atoms with Gasteiger partial charge in [0.1, 0.15) is 10.8 Å². The van der Waals surface area contributed by atoms with E-state index >= 15 is 0 Å². The molecule has 0 bridgehead atoms. The van der Waals surface area contributed by atoms with Crippen LogP contribution in [0.5, 0.6) is 5.75 Å². The summed E-state index contributed by atoms with van der Waals surface area (Å²) in [5, 5.41) is 7.70. The molecule has 2 N–H and O–H groups in total. The molecule has 2 rings (SSSR count). The van der Waals surface area contributed by atoms with Crippen molar-refractivity contribution in [2.45, 2.75) is 33.2 Å². The molecule has 0 unspecified atom stereocenters. The summed E-state index contributed by atoms with van der Waals surface area (Å²) in [5.41, 5.74) is 1.29. The van der Waals surface area contributed by atoms with Crippen molar-refractivity contribution in [3.05, 3.63) is 45.9 Å². The standard InChI is InChI=1S/C18H26N4OS/c1-4-19-18(22-13-17-21-12-14(2)24-17)20-10-6-8-15-7-5-9-16(11-15)23-3/h5,7,9,11-12H,4,6,8,10,13H2,1-3H3,(H2,19,20,22). The van der Waals surface area contributed by atoms with Crippen LogP contribution in [-0.2, 0) is 13.0 Å². The van der Waals surface area contributed by atoms with Gasteiger partial charge < -0.3 is 15.4 Å². The summed E-state index contributed by atoms with van der Waals surface area (Å²) in [4.78, 5) is 10.2. The lowest BCUT2D eigenvalue weighted by atomic mass is 10.1. The van der Waals surface area contributed by atoms with Gasteiger partial charge in [-0.25, -0.2) is 9.98 Å². The predicted octanol–water partition coefficient (Wildman–Crippen LogP) is 3.15. The quantitative estimate of drug-likeness (QED) is 0.438. The number of aromatic nitrogens is 1. The van der Waals surface area contributed by atoms with Crippen LogP contribution in [0.1, 0.15) is 28.8 Å². The first-order valence-electron chi connectivity index (χ1n) is 8.27. The highest BCUT2D eigenvalue weighted by Gasteiger charge is 2.01. The number of hydrogen-bond acceptors (Lipinski definition) is 4. The van der Waals surface area contributed by atoms with Crippen LogP contribution < -0.4 is 15.4 Å². The van der Waals surface area contributed by atoms with Gasteiger partial charge in [0, 0.05) is 24.2 Å². The molecule has 2 aromatic rings. The van der Waals surface area contributed by atoms with Gasteiger partial charge in [-0.15, -0.1) is 11.3 Å². The van der Waals surface area contributed by atoms with Crippen LogP contribution in [-0.4, -0.2) is 31.1 Å². The third-order valence-electron chi connectivity index (χ3n) is 3.45. The lowest BCUT2D eigenvalue weighted by molar-refractivity contribution is 0.414. The van der Waals surface area contributed by atoms with Crippen molar-refractivity contribution in [1.82, 2.24) is 15.6 Å². The third-order valence-corrected chi connectivity index (χ3v) is 4.35. The molecule has 0 radical (unpaired) electrons. The minimum absolute atomic E-state index is 0.615. The molecule has 0 saturated heterocycles. The molecule has 0 aliphatic rings. The third kappa shape index (κ3) is 6.20. The van der Waals surface area contributed by atoms with Crippen LogP contribution in [0.25, 0.3) is 0 Å². The molecule has 1 aromatic heterocycles. The number of nitrogens with one attached hydrogen (secondary N) is 2. The minimum Gasteiger partial charge on any atom is -0.497 e. The van der Waals surface area contributed by atoms with E-state index < -0.39 is 0 Å². The van der Waals surface area contributed by atoms with E-state index in [1.165, 1.54) is 10.4 Å². The van der Waals surface area contributed by atoms with E-state index in [4.69, 9.17) is 4.74 Å². The van der Waals surface area contributed by atoms with E-state index in [1.54, 1.807) is 18.4 Å². The molecule has 130 valence electrons. The van der Waals surface area contributed by atoms with Gasteiger partial charge in [-0.2, -0.15) is 0 Å². The predicted molar refractivity (Wildman–Crippen MR) is 101 cm³/mol. The van der Waals surface area contributed by atoms with Gasteiger partial charge >= 0.3 is 0 Å². The summed E-state index contributed by atoms with van der Waals surface area (Å²) in [7, 11) is 1.70. The number of aryl methyl sites for hydroxylation is 2. The Morgan fingerprint density at radius 1 is 1.33 bits per heavy atom. The van der Waals surface area contributed by atoms with Crippen molar-refractivity contribution in [2.75, 3.05) is 20.2 Å². The summed E-state index contributed by atoms with van der Waals surface area (Å²) in [6, 6.07) is 8.22. The summed E-state index contributed by atoms with van der Waals surface area (Å²) in [5.74, 6) is 1.75. The fourth-order valence-electron chi connectivity index (χ4n) is 2.29. The van der Waals surface area contributed by atoms with Crippen LogP contribution in [0.3, 0.4) is 0 Å². The molecule has 0 atom stereocenters. The van der Waals surface area contributed by atoms with Gasteiger partial charge in [-0.1, -0.05) is 12.1 Å². The second kappa shape index (κ2) is 9.93. The molecule has 1 heterocycles. The van der Waals surface area contributed by atoms with Gasteiger partial charge in [0.05, 0.1) is 13.7 Å². The monoisotopic (exact) mass is 346 g/mol. The van der Waals surface area contributed by atoms with Crippen molar-refractivity contribution in [3.8, 4) is 5.75 Å². The molecular formula is C18H26N4OS. The average molecular weight is 347 g/mol. The first kappa shape index (κ1) is 18.3. The Bertz CT molecular complexity index is 654. The molecule has 0 aliphatic heterocycles. The van der Waals surface area contributed by atoms with E-state index in [2.05, 4.69) is 46.6 Å². The van der Waals surface area contributed by atoms with Crippen molar-refractivity contribution in [1.29, 1.82) is 0 Å². The Morgan fingerprint density at radius 3 is 2.92 bits per heavy atom. The first-order valence-corrected chi connectivity index (χ1v) is 9.09. The minimum atomic E-state index is 0.615. The highest BCUT2D eigenvalue weighted by molar-refractivity contribution is 7.11. The Labute approximate surface area is 148 Å². The summed E-state index contributed by atoms with van der Waals surface area (Å²) >= 11 is 1.69. The summed E-state index contributed by atoms with van der Waals surface area (Å²) < 4.78 is 5.26. The second-order valence-electron chi connectivity index (χ2n) is 5.44. The fraction of sp³-hybridized carbons (Fsp3) is 0.444. The van der Waals surface area contributed by atoms with Gasteiger partial charge in [0.15, 0.2) is 5.96 Å². The molecule has 0 fully saturated rings. The van der Waals surface area contributed by atoms with E-state index in [-0.39, 0.29) is 0 Å². The summed E-state index contributed by atoms with van der Waals surface area (Å²) in [6.07, 6.45) is 3.94. The van der Waals surface area contributed by atoms with Gasteiger partial charge in [0.2, 0.25) is 0 Å². The lowest BCUT2D eigenvalue weighted by Gasteiger charge is -2.11. The van der Waals surface area contributed by atoms with Gasteiger partial charge in [-0.3, -0.25) is 0 Å². The van der Waals surface area contributed by atoms with Crippen molar-refractivity contribution in [2.24, 2.45) is 4.99 Å². The second-order valence-corrected chi connectivity index (χ2v) is 6.76. The van der Waals surface area contributed by atoms with E-state index in [0.717, 1.165) is 42.6 Å². The molecule has 0 amide bonds. The Morgan fingerprint density at radius 2 is 2.21 bits per heavy atom. The molecular weight excluding hydrogens is 320 g/mol. The maximum absolute atomic E-state index is 5.26. The van der Waals surface area contributed by atoms with Gasteiger partial charge in [0.25, 0.3) is 0 Å². The molecule has 6 heteroatoms. The van der Waals surface area contributed by atoms with Crippen LogP contribution in [0.2, 0.25) is 0 Å². The normalized spacial score (nSPS) is 11.4. The number of thiazole rings is 1. The summed E-state index contributed by atoms with van der Waals surface area (Å²) in [6.45, 7) is 6.47. The van der Waals surface area contributed by atoms with Crippen LogP contribution >= 0.6 is 11.3 Å². The zero-order valence-electron chi connectivity index (χ0n) is 14.6. The number of ether oxygens (including phenoxy) is 1. The average Bonchev–Trinajstić information content (AvgIpc) is 3.02. The SMILES string of the molecule is CCNC(=NCc1ncc(C)s1)NCCCc1cccc(OC)c1. The number of rotatable bonds is 8. The van der Waals surface area contributed by atoms with E-state index in [0.29, 0.717) is 6.54 Å². The Kier molecular flexibility index (Phi) is 7.55. The maximum Gasteiger partial charge on any atom is 0.191 e. The molecule has 0 aliphatic carbocycles. The molecule has 24 heavy (non-hydrogen) atoms. The van der Waals surface area contributed by atoms with Crippen molar-refractivity contribution in [3.63, 3.8) is 0 Å². The number of benzene rings is 1. The fourth-order valence-corrected chi connectivity index (χ4v) is 3.00. The zero-order chi connectivity index (χ0) is 17.2. The van der Waals surface area contributed by atoms with Gasteiger partial charge in [-0.05, 0) is 44.4 Å². The lowest BCUT2D eigenvalue weighted by Crippen LogP contribution is -2.37. The first-order chi connectivity index (χ1) is 11.7. The molecule has 0 saturated carbocycles. The van der Waals surface area contributed by atoms with Crippen LogP contribution in [0.4, 0.5) is 0 Å². The van der Waals surface area contributed by atoms with E-state index in [9.17, 15) is 0 Å². The largest absolute Gasteiger partial charge is 0.497 e. The highest BCUT2D eigenvalue weighted by Crippen LogP contribution is 2.14. The molecule has 0 spiro atoms. The van der Waals surface area contributed by atoms with Crippen LogP contribution in [0.15, 0.2) is 35.5 Å². The number of guanidine groups is 1. The number of aliphatic imine (C=N–C) groups is 1. The molecule has 5 nitrogen and oxygen atoms in total. The number of nitrogens with zero attached hydrogens (tertiary/aromatic N) is 2. The van der Waals surface area contributed by atoms with Crippen molar-refractivity contribution < 1.29 is 4.74 Å².